The summed E-state index contributed by atoms with van der Waals surface area (Å²) in [5, 5.41) is 2.92. The SMILES string of the molecule is Cc1c(CC(C)C)c(=O)[nH]n1C(C)(C)C. The Morgan fingerprint density at radius 3 is 2.20 bits per heavy atom. The fourth-order valence-electron chi connectivity index (χ4n) is 1.87. The van der Waals surface area contributed by atoms with Crippen molar-refractivity contribution in [3.05, 3.63) is 21.6 Å². The maximum atomic E-state index is 11.8. The van der Waals surface area contributed by atoms with E-state index in [1.807, 2.05) is 11.6 Å². The quantitative estimate of drug-likeness (QED) is 0.800. The minimum atomic E-state index is -0.0571. The Bertz CT molecular complexity index is 391. The van der Waals surface area contributed by atoms with Gasteiger partial charge in [-0.2, -0.15) is 0 Å². The maximum Gasteiger partial charge on any atom is 0.267 e. The largest absolute Gasteiger partial charge is 0.284 e. The van der Waals surface area contributed by atoms with Crippen molar-refractivity contribution in [2.75, 3.05) is 0 Å². The van der Waals surface area contributed by atoms with Crippen LogP contribution in [0.5, 0.6) is 0 Å². The molecule has 3 heteroatoms. The fourth-order valence-corrected chi connectivity index (χ4v) is 1.87. The highest BCUT2D eigenvalue weighted by Gasteiger charge is 2.20. The van der Waals surface area contributed by atoms with Crippen molar-refractivity contribution >= 4 is 0 Å². The van der Waals surface area contributed by atoms with Crippen LogP contribution in [0.2, 0.25) is 0 Å². The van der Waals surface area contributed by atoms with Crippen molar-refractivity contribution in [2.24, 2.45) is 5.92 Å². The van der Waals surface area contributed by atoms with Crippen LogP contribution in [0.25, 0.3) is 0 Å². The van der Waals surface area contributed by atoms with E-state index in [0.29, 0.717) is 5.92 Å². The summed E-state index contributed by atoms with van der Waals surface area (Å²) in [5.74, 6) is 0.514. The van der Waals surface area contributed by atoms with Crippen LogP contribution in [0, 0.1) is 12.8 Å². The van der Waals surface area contributed by atoms with E-state index < -0.39 is 0 Å². The molecule has 0 fully saturated rings. The van der Waals surface area contributed by atoms with E-state index in [1.54, 1.807) is 0 Å². The molecule has 0 radical (unpaired) electrons. The van der Waals surface area contributed by atoms with Gasteiger partial charge in [-0.3, -0.25) is 14.6 Å². The summed E-state index contributed by atoms with van der Waals surface area (Å²) in [6.45, 7) is 12.6. The van der Waals surface area contributed by atoms with Crippen LogP contribution in [-0.4, -0.2) is 9.78 Å². The van der Waals surface area contributed by atoms with Gasteiger partial charge in [0.2, 0.25) is 0 Å². The van der Waals surface area contributed by atoms with Crippen LogP contribution < -0.4 is 5.56 Å². The van der Waals surface area contributed by atoms with E-state index in [9.17, 15) is 4.79 Å². The number of hydrogen-bond donors (Lipinski definition) is 1. The Balaban J connectivity index is 3.21. The second-order valence-electron chi connectivity index (χ2n) is 5.61. The molecule has 1 N–H and O–H groups in total. The molecule has 0 aliphatic heterocycles. The van der Waals surface area contributed by atoms with E-state index in [-0.39, 0.29) is 11.1 Å². The summed E-state index contributed by atoms with van der Waals surface area (Å²) in [5.41, 5.74) is 2.01. The lowest BCUT2D eigenvalue weighted by atomic mass is 10.0. The lowest BCUT2D eigenvalue weighted by Crippen LogP contribution is -2.25. The number of rotatable bonds is 2. The van der Waals surface area contributed by atoms with Gasteiger partial charge in [-0.1, -0.05) is 13.8 Å². The molecule has 0 amide bonds. The summed E-state index contributed by atoms with van der Waals surface area (Å²) in [4.78, 5) is 11.8. The number of H-pyrrole nitrogens is 1. The van der Waals surface area contributed by atoms with E-state index in [1.165, 1.54) is 0 Å². The van der Waals surface area contributed by atoms with Gasteiger partial charge in [-0.15, -0.1) is 0 Å². The third kappa shape index (κ3) is 2.52. The molecule has 1 rings (SSSR count). The van der Waals surface area contributed by atoms with Crippen molar-refractivity contribution in [1.82, 2.24) is 9.78 Å². The van der Waals surface area contributed by atoms with Gasteiger partial charge in [0.1, 0.15) is 0 Å². The lowest BCUT2D eigenvalue weighted by molar-refractivity contribution is 0.345. The maximum absolute atomic E-state index is 11.8. The van der Waals surface area contributed by atoms with Gasteiger partial charge in [-0.05, 0) is 40.0 Å². The van der Waals surface area contributed by atoms with E-state index >= 15 is 0 Å². The number of aromatic amines is 1. The highest BCUT2D eigenvalue weighted by Crippen LogP contribution is 2.17. The van der Waals surface area contributed by atoms with Gasteiger partial charge in [0.25, 0.3) is 5.56 Å². The van der Waals surface area contributed by atoms with Crippen LogP contribution in [0.4, 0.5) is 0 Å². The second-order valence-corrected chi connectivity index (χ2v) is 5.61. The lowest BCUT2D eigenvalue weighted by Gasteiger charge is -2.22. The molecule has 1 aromatic heterocycles. The van der Waals surface area contributed by atoms with Gasteiger partial charge < -0.3 is 0 Å². The zero-order valence-electron chi connectivity index (χ0n) is 10.6. The van der Waals surface area contributed by atoms with Crippen molar-refractivity contribution in [2.45, 2.75) is 53.5 Å². The molecule has 86 valence electrons. The van der Waals surface area contributed by atoms with Crippen molar-refractivity contribution in [1.29, 1.82) is 0 Å². The second kappa shape index (κ2) is 3.87. The summed E-state index contributed by atoms with van der Waals surface area (Å²) in [6, 6.07) is 0. The molecule has 1 aromatic rings. The normalized spacial score (nSPS) is 12.5. The molecule has 0 spiro atoms. The van der Waals surface area contributed by atoms with Gasteiger partial charge in [-0.25, -0.2) is 0 Å². The van der Waals surface area contributed by atoms with E-state index in [2.05, 4.69) is 39.7 Å². The van der Waals surface area contributed by atoms with Crippen LogP contribution in [-0.2, 0) is 12.0 Å². The molecule has 0 atom stereocenters. The molecule has 0 aliphatic rings. The minimum absolute atomic E-state index is 0.0571. The smallest absolute Gasteiger partial charge is 0.267 e. The molecule has 0 aliphatic carbocycles. The molecule has 0 unspecified atom stereocenters. The molecule has 1 heterocycles. The highest BCUT2D eigenvalue weighted by atomic mass is 16.1. The molecular formula is C12H22N2O. The third-order valence-corrected chi connectivity index (χ3v) is 2.54. The van der Waals surface area contributed by atoms with Crippen LogP contribution >= 0.6 is 0 Å². The predicted molar refractivity (Wildman–Crippen MR) is 63.3 cm³/mol. The van der Waals surface area contributed by atoms with E-state index in [4.69, 9.17) is 0 Å². The van der Waals surface area contributed by atoms with Crippen LogP contribution in [0.1, 0.15) is 45.9 Å². The third-order valence-electron chi connectivity index (χ3n) is 2.54. The average Bonchev–Trinajstić information content (AvgIpc) is 2.30. The molecule has 0 saturated carbocycles. The van der Waals surface area contributed by atoms with E-state index in [0.717, 1.165) is 17.7 Å². The topological polar surface area (TPSA) is 37.8 Å². The number of nitrogens with one attached hydrogen (secondary N) is 1. The molecule has 15 heavy (non-hydrogen) atoms. The zero-order chi connectivity index (χ0) is 11.8. The van der Waals surface area contributed by atoms with Crippen LogP contribution in [0.15, 0.2) is 4.79 Å². The molecular weight excluding hydrogens is 188 g/mol. The Morgan fingerprint density at radius 1 is 1.33 bits per heavy atom. The first-order valence-electron chi connectivity index (χ1n) is 5.54. The summed E-state index contributed by atoms with van der Waals surface area (Å²) >= 11 is 0. The van der Waals surface area contributed by atoms with Gasteiger partial charge in [0, 0.05) is 11.3 Å². The van der Waals surface area contributed by atoms with Crippen molar-refractivity contribution in [3.8, 4) is 0 Å². The first-order valence-corrected chi connectivity index (χ1v) is 5.54. The highest BCUT2D eigenvalue weighted by molar-refractivity contribution is 5.18. The first-order chi connectivity index (χ1) is 6.73. The van der Waals surface area contributed by atoms with Crippen molar-refractivity contribution < 1.29 is 0 Å². The number of nitrogens with zero attached hydrogens (tertiary/aromatic N) is 1. The zero-order valence-corrected chi connectivity index (χ0v) is 10.6. The molecule has 0 bridgehead atoms. The average molecular weight is 210 g/mol. The van der Waals surface area contributed by atoms with Crippen molar-refractivity contribution in [3.63, 3.8) is 0 Å². The van der Waals surface area contributed by atoms with Crippen LogP contribution in [0.3, 0.4) is 0 Å². The summed E-state index contributed by atoms with van der Waals surface area (Å²) in [6.07, 6.45) is 0.851. The summed E-state index contributed by atoms with van der Waals surface area (Å²) < 4.78 is 1.97. The standard InChI is InChI=1S/C12H22N2O/c1-8(2)7-10-9(3)14(12(4,5)6)13-11(10)15/h8H,7H2,1-6H3,(H,13,15). The Labute approximate surface area is 91.5 Å². The molecule has 0 saturated heterocycles. The number of aromatic nitrogens is 2. The van der Waals surface area contributed by atoms with Gasteiger partial charge >= 0.3 is 0 Å². The predicted octanol–water partition coefficient (Wildman–Crippen LogP) is 2.44. The van der Waals surface area contributed by atoms with Gasteiger partial charge in [0.15, 0.2) is 0 Å². The Kier molecular flexibility index (Phi) is 3.12. The molecule has 0 aromatic carbocycles. The Hall–Kier alpha value is -0.990. The minimum Gasteiger partial charge on any atom is -0.284 e. The monoisotopic (exact) mass is 210 g/mol. The number of hydrogen-bond acceptors (Lipinski definition) is 1. The molecule has 3 nitrogen and oxygen atoms in total. The summed E-state index contributed by atoms with van der Waals surface area (Å²) in [7, 11) is 0. The van der Waals surface area contributed by atoms with Gasteiger partial charge in [0.05, 0.1) is 5.54 Å². The first kappa shape index (κ1) is 12.1. The fraction of sp³-hybridized carbons (Fsp3) is 0.750. The Morgan fingerprint density at radius 2 is 1.87 bits per heavy atom.